The molecular formula is C16H28N2. The lowest BCUT2D eigenvalue weighted by atomic mass is 10.1. The van der Waals surface area contributed by atoms with Gasteiger partial charge in [0.15, 0.2) is 0 Å². The summed E-state index contributed by atoms with van der Waals surface area (Å²) < 4.78 is 0. The largest absolute Gasteiger partial charge is 0.372 e. The van der Waals surface area contributed by atoms with Gasteiger partial charge in [-0.2, -0.15) is 0 Å². The van der Waals surface area contributed by atoms with Crippen LogP contribution in [0, 0.1) is 6.92 Å². The average molecular weight is 248 g/mol. The summed E-state index contributed by atoms with van der Waals surface area (Å²) in [4.78, 5) is 2.48. The molecule has 1 unspecified atom stereocenters. The van der Waals surface area contributed by atoms with Gasteiger partial charge in [0, 0.05) is 24.8 Å². The van der Waals surface area contributed by atoms with E-state index in [4.69, 9.17) is 0 Å². The van der Waals surface area contributed by atoms with Crippen LogP contribution in [0.4, 0.5) is 5.69 Å². The highest BCUT2D eigenvalue weighted by Gasteiger charge is 2.07. The Morgan fingerprint density at radius 1 is 1.22 bits per heavy atom. The van der Waals surface area contributed by atoms with Crippen LogP contribution in [0.3, 0.4) is 0 Å². The molecule has 1 aromatic carbocycles. The minimum Gasteiger partial charge on any atom is -0.372 e. The summed E-state index contributed by atoms with van der Waals surface area (Å²) in [6.07, 6.45) is 2.49. The van der Waals surface area contributed by atoms with E-state index in [2.05, 4.69) is 62.2 Å². The molecule has 0 radical (unpaired) electrons. The van der Waals surface area contributed by atoms with Gasteiger partial charge in [0.25, 0.3) is 0 Å². The van der Waals surface area contributed by atoms with Crippen molar-refractivity contribution in [2.45, 2.75) is 46.6 Å². The molecule has 0 spiro atoms. The standard InChI is InChI=1S/C16H28N2/c1-5-17-15(4)11-9-13-18(6-2)16-12-8-7-10-14(16)3/h7-8,10,12,15,17H,5-6,9,11,13H2,1-4H3. The van der Waals surface area contributed by atoms with Crippen molar-refractivity contribution >= 4 is 5.69 Å². The molecule has 18 heavy (non-hydrogen) atoms. The molecule has 2 heteroatoms. The Bertz CT molecular complexity index is 336. The highest BCUT2D eigenvalue weighted by atomic mass is 15.1. The monoisotopic (exact) mass is 248 g/mol. The lowest BCUT2D eigenvalue weighted by Crippen LogP contribution is -2.29. The number of rotatable bonds is 8. The highest BCUT2D eigenvalue weighted by Crippen LogP contribution is 2.19. The molecule has 0 heterocycles. The number of para-hydroxylation sites is 1. The molecular weight excluding hydrogens is 220 g/mol. The summed E-state index contributed by atoms with van der Waals surface area (Å²) in [6, 6.07) is 9.29. The van der Waals surface area contributed by atoms with Crippen molar-refractivity contribution < 1.29 is 0 Å². The second-order valence-corrected chi connectivity index (χ2v) is 4.97. The molecule has 0 saturated carbocycles. The van der Waals surface area contributed by atoms with Crippen LogP contribution in [-0.2, 0) is 0 Å². The Balaban J connectivity index is 2.46. The third-order valence-corrected chi connectivity index (χ3v) is 3.46. The zero-order valence-electron chi connectivity index (χ0n) is 12.4. The first-order valence-corrected chi connectivity index (χ1v) is 7.23. The third kappa shape index (κ3) is 4.69. The van der Waals surface area contributed by atoms with Gasteiger partial charge < -0.3 is 10.2 Å². The topological polar surface area (TPSA) is 15.3 Å². The van der Waals surface area contributed by atoms with Gasteiger partial charge in [-0.1, -0.05) is 25.1 Å². The summed E-state index contributed by atoms with van der Waals surface area (Å²) in [5.41, 5.74) is 2.76. The minimum absolute atomic E-state index is 0.630. The number of anilines is 1. The van der Waals surface area contributed by atoms with Crippen LogP contribution in [0.25, 0.3) is 0 Å². The summed E-state index contributed by atoms with van der Waals surface area (Å²) in [5, 5.41) is 3.47. The zero-order chi connectivity index (χ0) is 13.4. The van der Waals surface area contributed by atoms with E-state index < -0.39 is 0 Å². The number of nitrogens with zero attached hydrogens (tertiary/aromatic N) is 1. The van der Waals surface area contributed by atoms with Gasteiger partial charge in [0.05, 0.1) is 0 Å². The highest BCUT2D eigenvalue weighted by molar-refractivity contribution is 5.52. The number of aryl methyl sites for hydroxylation is 1. The van der Waals surface area contributed by atoms with Crippen LogP contribution < -0.4 is 10.2 Å². The Morgan fingerprint density at radius 3 is 2.56 bits per heavy atom. The fourth-order valence-corrected chi connectivity index (χ4v) is 2.41. The van der Waals surface area contributed by atoms with Gasteiger partial charge in [-0.05, 0) is 51.8 Å². The van der Waals surface area contributed by atoms with E-state index in [0.717, 1.165) is 19.6 Å². The fraction of sp³-hybridized carbons (Fsp3) is 0.625. The van der Waals surface area contributed by atoms with Gasteiger partial charge in [-0.25, -0.2) is 0 Å². The second-order valence-electron chi connectivity index (χ2n) is 4.97. The fourth-order valence-electron chi connectivity index (χ4n) is 2.41. The van der Waals surface area contributed by atoms with Gasteiger partial charge in [0.1, 0.15) is 0 Å². The maximum Gasteiger partial charge on any atom is 0.0395 e. The first-order chi connectivity index (χ1) is 8.69. The summed E-state index contributed by atoms with van der Waals surface area (Å²) >= 11 is 0. The van der Waals surface area contributed by atoms with Crippen molar-refractivity contribution in [2.24, 2.45) is 0 Å². The van der Waals surface area contributed by atoms with Crippen LogP contribution in [0.1, 0.15) is 39.2 Å². The van der Waals surface area contributed by atoms with Crippen molar-refractivity contribution in [3.8, 4) is 0 Å². The Labute approximate surface area is 112 Å². The maximum absolute atomic E-state index is 3.47. The summed E-state index contributed by atoms with van der Waals surface area (Å²) in [5.74, 6) is 0. The van der Waals surface area contributed by atoms with Crippen molar-refractivity contribution in [2.75, 3.05) is 24.5 Å². The Morgan fingerprint density at radius 2 is 1.94 bits per heavy atom. The molecule has 0 bridgehead atoms. The molecule has 1 atom stereocenters. The zero-order valence-corrected chi connectivity index (χ0v) is 12.4. The van der Waals surface area contributed by atoms with E-state index in [1.165, 1.54) is 24.1 Å². The van der Waals surface area contributed by atoms with Crippen molar-refractivity contribution in [3.63, 3.8) is 0 Å². The van der Waals surface area contributed by atoms with Crippen molar-refractivity contribution in [1.29, 1.82) is 0 Å². The van der Waals surface area contributed by atoms with Gasteiger partial charge in [0.2, 0.25) is 0 Å². The van der Waals surface area contributed by atoms with E-state index >= 15 is 0 Å². The van der Waals surface area contributed by atoms with Crippen LogP contribution in [0.15, 0.2) is 24.3 Å². The molecule has 0 fully saturated rings. The molecule has 2 nitrogen and oxygen atoms in total. The van der Waals surface area contributed by atoms with E-state index in [0.29, 0.717) is 6.04 Å². The predicted octanol–water partition coefficient (Wildman–Crippen LogP) is 3.60. The molecule has 0 aliphatic carbocycles. The Hall–Kier alpha value is -1.02. The summed E-state index contributed by atoms with van der Waals surface area (Å²) in [6.45, 7) is 12.2. The normalized spacial score (nSPS) is 12.4. The van der Waals surface area contributed by atoms with Gasteiger partial charge in [-0.3, -0.25) is 0 Å². The minimum atomic E-state index is 0.630. The molecule has 1 aromatic rings. The van der Waals surface area contributed by atoms with Crippen LogP contribution in [-0.4, -0.2) is 25.7 Å². The first kappa shape index (κ1) is 15.0. The maximum atomic E-state index is 3.47. The molecule has 1 N–H and O–H groups in total. The molecule has 0 aliphatic rings. The van der Waals surface area contributed by atoms with E-state index in [1.807, 2.05) is 0 Å². The van der Waals surface area contributed by atoms with Gasteiger partial charge >= 0.3 is 0 Å². The Kier molecular flexibility index (Phi) is 6.81. The number of hydrogen-bond donors (Lipinski definition) is 1. The average Bonchev–Trinajstić information content (AvgIpc) is 2.36. The third-order valence-electron chi connectivity index (χ3n) is 3.46. The summed E-state index contributed by atoms with van der Waals surface area (Å²) in [7, 11) is 0. The molecule has 102 valence electrons. The van der Waals surface area contributed by atoms with Crippen LogP contribution in [0.5, 0.6) is 0 Å². The SMILES string of the molecule is CCNC(C)CCCN(CC)c1ccccc1C. The smallest absolute Gasteiger partial charge is 0.0395 e. The van der Waals surface area contributed by atoms with Crippen molar-refractivity contribution in [3.05, 3.63) is 29.8 Å². The van der Waals surface area contributed by atoms with Gasteiger partial charge in [-0.15, -0.1) is 0 Å². The van der Waals surface area contributed by atoms with Crippen LogP contribution >= 0.6 is 0 Å². The molecule has 1 rings (SSSR count). The first-order valence-electron chi connectivity index (χ1n) is 7.23. The van der Waals surface area contributed by atoms with Crippen molar-refractivity contribution in [1.82, 2.24) is 5.32 Å². The van der Waals surface area contributed by atoms with E-state index in [1.54, 1.807) is 0 Å². The second kappa shape index (κ2) is 8.15. The molecule has 0 saturated heterocycles. The van der Waals surface area contributed by atoms with E-state index in [-0.39, 0.29) is 0 Å². The number of nitrogens with one attached hydrogen (secondary N) is 1. The van der Waals surface area contributed by atoms with Crippen LogP contribution in [0.2, 0.25) is 0 Å². The molecule has 0 aliphatic heterocycles. The molecule has 0 amide bonds. The molecule has 0 aromatic heterocycles. The lowest BCUT2D eigenvalue weighted by molar-refractivity contribution is 0.511. The predicted molar refractivity (Wildman–Crippen MR) is 81.4 cm³/mol. The number of hydrogen-bond acceptors (Lipinski definition) is 2. The quantitative estimate of drug-likeness (QED) is 0.756. The van der Waals surface area contributed by atoms with E-state index in [9.17, 15) is 0 Å². The number of benzene rings is 1. The lowest BCUT2D eigenvalue weighted by Gasteiger charge is -2.25.